The van der Waals surface area contributed by atoms with E-state index < -0.39 is 5.97 Å². The van der Waals surface area contributed by atoms with E-state index in [1.165, 1.54) is 6.07 Å². The van der Waals surface area contributed by atoms with E-state index in [1.54, 1.807) is 24.3 Å². The Morgan fingerprint density at radius 3 is 2.38 bits per heavy atom. The zero-order valence-corrected chi connectivity index (χ0v) is 12.3. The van der Waals surface area contributed by atoms with Crippen LogP contribution in [-0.2, 0) is 11.2 Å². The van der Waals surface area contributed by atoms with Crippen LogP contribution in [0.3, 0.4) is 0 Å². The molecule has 0 bridgehead atoms. The fraction of sp³-hybridized carbons (Fsp3) is 0.143. The normalized spacial score (nSPS) is 10.4. The second-order valence-corrected chi connectivity index (χ2v) is 5.17. The zero-order valence-electron chi connectivity index (χ0n) is 10.8. The molecule has 0 spiro atoms. The summed E-state index contributed by atoms with van der Waals surface area (Å²) in [6.07, 6.45) is 0.524. The number of H-pyrrole nitrogens is 1. The van der Waals surface area contributed by atoms with E-state index in [0.717, 1.165) is 5.56 Å². The van der Waals surface area contributed by atoms with Crippen molar-refractivity contribution in [1.82, 2.24) is 4.98 Å². The third-order valence-corrected chi connectivity index (χ3v) is 3.50. The first-order valence-corrected chi connectivity index (χ1v) is 6.87. The van der Waals surface area contributed by atoms with Crippen molar-refractivity contribution in [1.29, 1.82) is 0 Å². The average molecular weight is 327 g/mol. The van der Waals surface area contributed by atoms with Crippen LogP contribution >= 0.6 is 23.2 Å². The molecule has 0 saturated heterocycles. The van der Waals surface area contributed by atoms with Crippen LogP contribution in [0, 0.1) is 0 Å². The molecule has 0 radical (unpaired) electrons. The average Bonchev–Trinajstić information content (AvgIpc) is 2.78. The molecule has 0 unspecified atom stereocenters. The number of aromatic amines is 1. The molecular weight excluding hydrogens is 315 g/mol. The molecule has 110 valence electrons. The van der Waals surface area contributed by atoms with Crippen LogP contribution in [0.5, 0.6) is 0 Å². The highest BCUT2D eigenvalue weighted by atomic mass is 35.5. The molecule has 1 aromatic carbocycles. The molecule has 1 heterocycles. The number of hydrogen-bond acceptors (Lipinski definition) is 2. The SMILES string of the molecule is O=C(O)CCc1ccc(NC(=O)c2cc(Cl)c(Cl)[nH]2)cc1. The highest BCUT2D eigenvalue weighted by molar-refractivity contribution is 6.41. The minimum atomic E-state index is -0.840. The number of aliphatic carboxylic acids is 1. The molecule has 0 fully saturated rings. The number of carbonyl (C=O) groups is 2. The van der Waals surface area contributed by atoms with Crippen molar-refractivity contribution in [3.05, 3.63) is 51.8 Å². The second-order valence-electron chi connectivity index (χ2n) is 4.39. The standard InChI is InChI=1S/C14H12Cl2N2O3/c15-10-7-11(18-13(10)16)14(21)17-9-4-1-8(2-5-9)3-6-12(19)20/h1-2,4-5,7,18H,3,6H2,(H,17,21)(H,19,20). The highest BCUT2D eigenvalue weighted by Gasteiger charge is 2.11. The van der Waals surface area contributed by atoms with Gasteiger partial charge in [-0.25, -0.2) is 0 Å². The molecule has 0 aliphatic carbocycles. The number of rotatable bonds is 5. The molecule has 3 N–H and O–H groups in total. The van der Waals surface area contributed by atoms with Crippen molar-refractivity contribution in [2.24, 2.45) is 0 Å². The number of aromatic nitrogens is 1. The molecule has 0 aliphatic rings. The fourth-order valence-corrected chi connectivity index (χ4v) is 2.04. The lowest BCUT2D eigenvalue weighted by molar-refractivity contribution is -0.136. The van der Waals surface area contributed by atoms with Crippen LogP contribution in [0.25, 0.3) is 0 Å². The van der Waals surface area contributed by atoms with E-state index in [2.05, 4.69) is 10.3 Å². The number of amides is 1. The largest absolute Gasteiger partial charge is 0.481 e. The number of benzene rings is 1. The summed E-state index contributed by atoms with van der Waals surface area (Å²) in [6.45, 7) is 0. The van der Waals surface area contributed by atoms with Gasteiger partial charge >= 0.3 is 5.97 Å². The predicted molar refractivity (Wildman–Crippen MR) is 81.2 cm³/mol. The van der Waals surface area contributed by atoms with Crippen LogP contribution in [0.2, 0.25) is 10.2 Å². The maximum Gasteiger partial charge on any atom is 0.303 e. The third kappa shape index (κ3) is 4.24. The first kappa shape index (κ1) is 15.4. The van der Waals surface area contributed by atoms with Crippen LogP contribution in [0.1, 0.15) is 22.5 Å². The lowest BCUT2D eigenvalue weighted by atomic mass is 10.1. The summed E-state index contributed by atoms with van der Waals surface area (Å²) >= 11 is 11.5. The van der Waals surface area contributed by atoms with Gasteiger partial charge in [0, 0.05) is 12.1 Å². The Labute approximate surface area is 130 Å². The van der Waals surface area contributed by atoms with Gasteiger partial charge in [-0.1, -0.05) is 35.3 Å². The first-order chi connectivity index (χ1) is 9.95. The fourth-order valence-electron chi connectivity index (χ4n) is 1.73. The summed E-state index contributed by atoms with van der Waals surface area (Å²) in [6, 6.07) is 8.41. The van der Waals surface area contributed by atoms with Gasteiger partial charge in [0.15, 0.2) is 0 Å². The first-order valence-electron chi connectivity index (χ1n) is 6.12. The van der Waals surface area contributed by atoms with E-state index >= 15 is 0 Å². The van der Waals surface area contributed by atoms with Crippen LogP contribution < -0.4 is 5.32 Å². The van der Waals surface area contributed by atoms with E-state index in [-0.39, 0.29) is 28.2 Å². The maximum absolute atomic E-state index is 11.9. The van der Waals surface area contributed by atoms with E-state index in [4.69, 9.17) is 28.3 Å². The summed E-state index contributed by atoms with van der Waals surface area (Å²) in [7, 11) is 0. The molecule has 0 saturated carbocycles. The Kier molecular flexibility index (Phi) is 4.88. The van der Waals surface area contributed by atoms with Crippen molar-refractivity contribution in [3.8, 4) is 0 Å². The van der Waals surface area contributed by atoms with Gasteiger partial charge in [0.2, 0.25) is 0 Å². The predicted octanol–water partition coefficient (Wildman–Crippen LogP) is 3.59. The van der Waals surface area contributed by atoms with Gasteiger partial charge in [0.1, 0.15) is 10.8 Å². The van der Waals surface area contributed by atoms with Crippen LogP contribution in [-0.4, -0.2) is 22.0 Å². The van der Waals surface area contributed by atoms with Gasteiger partial charge < -0.3 is 15.4 Å². The van der Waals surface area contributed by atoms with Gasteiger partial charge in [-0.2, -0.15) is 0 Å². The van der Waals surface area contributed by atoms with Crippen molar-refractivity contribution >= 4 is 40.8 Å². The van der Waals surface area contributed by atoms with E-state index in [9.17, 15) is 9.59 Å². The van der Waals surface area contributed by atoms with Gasteiger partial charge in [0.05, 0.1) is 5.02 Å². The number of hydrogen-bond donors (Lipinski definition) is 3. The van der Waals surface area contributed by atoms with Crippen molar-refractivity contribution < 1.29 is 14.7 Å². The molecule has 1 amide bonds. The minimum absolute atomic E-state index is 0.0746. The van der Waals surface area contributed by atoms with Gasteiger partial charge in [-0.15, -0.1) is 0 Å². The topological polar surface area (TPSA) is 82.2 Å². The summed E-state index contributed by atoms with van der Waals surface area (Å²) in [5.74, 6) is -1.20. The molecule has 5 nitrogen and oxygen atoms in total. The molecule has 21 heavy (non-hydrogen) atoms. The number of nitrogens with one attached hydrogen (secondary N) is 2. The zero-order chi connectivity index (χ0) is 15.4. The van der Waals surface area contributed by atoms with Gasteiger partial charge in [-0.05, 0) is 30.2 Å². The third-order valence-electron chi connectivity index (χ3n) is 2.81. The smallest absolute Gasteiger partial charge is 0.303 e. The number of anilines is 1. The number of carbonyl (C=O) groups excluding carboxylic acids is 1. The Balaban J connectivity index is 1.99. The summed E-state index contributed by atoms with van der Waals surface area (Å²) in [5.41, 5.74) is 1.75. The Morgan fingerprint density at radius 2 is 1.86 bits per heavy atom. The summed E-state index contributed by atoms with van der Waals surface area (Å²) in [4.78, 5) is 25.1. The molecule has 0 aliphatic heterocycles. The van der Waals surface area contributed by atoms with Crippen molar-refractivity contribution in [2.75, 3.05) is 5.32 Å². The number of aryl methyl sites for hydroxylation is 1. The van der Waals surface area contributed by atoms with Crippen LogP contribution in [0.4, 0.5) is 5.69 Å². The highest BCUT2D eigenvalue weighted by Crippen LogP contribution is 2.22. The Morgan fingerprint density at radius 1 is 1.19 bits per heavy atom. The maximum atomic E-state index is 11.9. The molecular formula is C14H12Cl2N2O3. The number of carboxylic acids is 1. The lowest BCUT2D eigenvalue weighted by Crippen LogP contribution is -2.12. The summed E-state index contributed by atoms with van der Waals surface area (Å²) < 4.78 is 0. The molecule has 1 aromatic heterocycles. The van der Waals surface area contributed by atoms with Gasteiger partial charge in [-0.3, -0.25) is 9.59 Å². The Bertz CT molecular complexity index is 646. The van der Waals surface area contributed by atoms with Crippen LogP contribution in [0.15, 0.2) is 30.3 Å². The number of halogens is 2. The quantitative estimate of drug-likeness (QED) is 0.785. The Hall–Kier alpha value is -1.98. The monoisotopic (exact) mass is 326 g/mol. The van der Waals surface area contributed by atoms with E-state index in [0.29, 0.717) is 12.1 Å². The summed E-state index contributed by atoms with van der Waals surface area (Å²) in [5, 5.41) is 11.8. The molecule has 0 atom stereocenters. The van der Waals surface area contributed by atoms with E-state index in [1.807, 2.05) is 0 Å². The minimum Gasteiger partial charge on any atom is -0.481 e. The number of carboxylic acid groups (broad SMARTS) is 1. The molecule has 2 rings (SSSR count). The second kappa shape index (κ2) is 6.65. The lowest BCUT2D eigenvalue weighted by Gasteiger charge is -2.05. The molecule has 7 heteroatoms. The van der Waals surface area contributed by atoms with Crippen molar-refractivity contribution in [3.63, 3.8) is 0 Å². The van der Waals surface area contributed by atoms with Gasteiger partial charge in [0.25, 0.3) is 5.91 Å². The van der Waals surface area contributed by atoms with Crippen molar-refractivity contribution in [2.45, 2.75) is 12.8 Å². The molecule has 2 aromatic rings.